The molecule has 0 aliphatic carbocycles. The highest BCUT2D eigenvalue weighted by molar-refractivity contribution is 6.31. The number of carbonyl (C=O) groups is 3. The standard InChI is InChI=1S/C17H15ClFN3O4/c1-26-14-7-6-10(18)8-12(14)17(25)22-21-15(23)9-20-16(24)11-4-2-3-5-13(11)19/h2-8H,9H2,1H3,(H,20,24)(H,21,23)(H,22,25). The molecule has 0 aliphatic rings. The maximum Gasteiger partial charge on any atom is 0.273 e. The van der Waals surface area contributed by atoms with Gasteiger partial charge in [-0.25, -0.2) is 4.39 Å². The Hall–Kier alpha value is -3.13. The van der Waals surface area contributed by atoms with Gasteiger partial charge in [0.05, 0.1) is 24.8 Å². The summed E-state index contributed by atoms with van der Waals surface area (Å²) in [6.45, 7) is -0.458. The predicted molar refractivity (Wildman–Crippen MR) is 92.3 cm³/mol. The van der Waals surface area contributed by atoms with Gasteiger partial charge in [0.25, 0.3) is 17.7 Å². The number of halogens is 2. The van der Waals surface area contributed by atoms with Crippen molar-refractivity contribution in [2.24, 2.45) is 0 Å². The average molecular weight is 380 g/mol. The van der Waals surface area contributed by atoms with Crippen molar-refractivity contribution in [2.45, 2.75) is 0 Å². The normalized spacial score (nSPS) is 9.96. The first-order chi connectivity index (χ1) is 12.4. The Kier molecular flexibility index (Phi) is 6.51. The molecule has 0 aliphatic heterocycles. The van der Waals surface area contributed by atoms with E-state index in [-0.39, 0.29) is 16.9 Å². The molecule has 0 saturated heterocycles. The van der Waals surface area contributed by atoms with E-state index in [0.29, 0.717) is 5.02 Å². The third kappa shape index (κ3) is 4.93. The second-order valence-electron chi connectivity index (χ2n) is 5.01. The second-order valence-corrected chi connectivity index (χ2v) is 5.45. The molecule has 0 saturated carbocycles. The molecule has 3 amide bonds. The minimum absolute atomic E-state index is 0.121. The first kappa shape index (κ1) is 19.2. The first-order valence-corrected chi connectivity index (χ1v) is 7.75. The Bertz CT molecular complexity index is 845. The van der Waals surface area contributed by atoms with Gasteiger partial charge in [-0.05, 0) is 30.3 Å². The quantitative estimate of drug-likeness (QED) is 0.689. The molecule has 2 aromatic carbocycles. The molecule has 2 aromatic rings. The molecular weight excluding hydrogens is 365 g/mol. The fourth-order valence-electron chi connectivity index (χ4n) is 2.00. The van der Waals surface area contributed by atoms with E-state index >= 15 is 0 Å². The molecule has 0 fully saturated rings. The molecule has 26 heavy (non-hydrogen) atoms. The Morgan fingerprint density at radius 3 is 2.46 bits per heavy atom. The monoisotopic (exact) mass is 379 g/mol. The molecular formula is C17H15ClFN3O4. The molecule has 0 radical (unpaired) electrons. The van der Waals surface area contributed by atoms with Crippen LogP contribution in [0.2, 0.25) is 5.02 Å². The summed E-state index contributed by atoms with van der Waals surface area (Å²) >= 11 is 5.84. The van der Waals surface area contributed by atoms with Crippen molar-refractivity contribution in [3.05, 3.63) is 64.4 Å². The number of nitrogens with one attached hydrogen (secondary N) is 3. The van der Waals surface area contributed by atoms with E-state index in [4.69, 9.17) is 16.3 Å². The van der Waals surface area contributed by atoms with Crippen LogP contribution in [-0.2, 0) is 4.79 Å². The fourth-order valence-corrected chi connectivity index (χ4v) is 2.17. The zero-order valence-electron chi connectivity index (χ0n) is 13.6. The highest BCUT2D eigenvalue weighted by atomic mass is 35.5. The number of hydrogen-bond acceptors (Lipinski definition) is 4. The van der Waals surface area contributed by atoms with Gasteiger partial charge in [-0.1, -0.05) is 23.7 Å². The summed E-state index contributed by atoms with van der Waals surface area (Å²) in [5.41, 5.74) is 4.23. The molecule has 9 heteroatoms. The van der Waals surface area contributed by atoms with E-state index in [1.165, 1.54) is 37.4 Å². The highest BCUT2D eigenvalue weighted by Gasteiger charge is 2.15. The average Bonchev–Trinajstić information content (AvgIpc) is 2.64. The van der Waals surface area contributed by atoms with Crippen molar-refractivity contribution in [1.82, 2.24) is 16.2 Å². The topological polar surface area (TPSA) is 96.5 Å². The summed E-state index contributed by atoms with van der Waals surface area (Å²) in [4.78, 5) is 35.6. The number of hydrogen-bond donors (Lipinski definition) is 3. The van der Waals surface area contributed by atoms with Crippen molar-refractivity contribution in [3.63, 3.8) is 0 Å². The van der Waals surface area contributed by atoms with Gasteiger partial charge in [-0.3, -0.25) is 25.2 Å². The van der Waals surface area contributed by atoms with Crippen LogP contribution in [0.1, 0.15) is 20.7 Å². The van der Waals surface area contributed by atoms with Crippen LogP contribution in [0, 0.1) is 5.82 Å². The minimum atomic E-state index is -0.749. The largest absolute Gasteiger partial charge is 0.496 e. The lowest BCUT2D eigenvalue weighted by molar-refractivity contribution is -0.120. The van der Waals surface area contributed by atoms with Crippen LogP contribution in [0.5, 0.6) is 5.75 Å². The predicted octanol–water partition coefficient (Wildman–Crippen LogP) is 1.68. The van der Waals surface area contributed by atoms with E-state index in [0.717, 1.165) is 6.07 Å². The number of methoxy groups -OCH3 is 1. The number of rotatable bonds is 5. The number of hydrazine groups is 1. The van der Waals surface area contributed by atoms with Gasteiger partial charge in [0.15, 0.2) is 0 Å². The SMILES string of the molecule is COc1ccc(Cl)cc1C(=O)NNC(=O)CNC(=O)c1ccccc1F. The van der Waals surface area contributed by atoms with Gasteiger partial charge in [-0.2, -0.15) is 0 Å². The molecule has 0 aromatic heterocycles. The molecule has 0 spiro atoms. The molecule has 2 rings (SSSR count). The number of ether oxygens (including phenoxy) is 1. The summed E-state index contributed by atoms with van der Waals surface area (Å²) < 4.78 is 18.5. The third-order valence-electron chi connectivity index (χ3n) is 3.25. The molecule has 0 bridgehead atoms. The summed E-state index contributed by atoms with van der Waals surface area (Å²) in [6.07, 6.45) is 0. The van der Waals surface area contributed by atoms with Crippen LogP contribution in [-0.4, -0.2) is 31.4 Å². The van der Waals surface area contributed by atoms with Crippen LogP contribution in [0.15, 0.2) is 42.5 Å². The van der Waals surface area contributed by atoms with Gasteiger partial charge in [-0.15, -0.1) is 0 Å². The summed E-state index contributed by atoms with van der Waals surface area (Å²) in [5.74, 6) is -2.54. The summed E-state index contributed by atoms with van der Waals surface area (Å²) in [6, 6.07) is 9.79. The lowest BCUT2D eigenvalue weighted by Gasteiger charge is -2.11. The van der Waals surface area contributed by atoms with Crippen LogP contribution >= 0.6 is 11.6 Å². The van der Waals surface area contributed by atoms with E-state index in [9.17, 15) is 18.8 Å². The van der Waals surface area contributed by atoms with Crippen molar-refractivity contribution in [3.8, 4) is 5.75 Å². The fraction of sp³-hybridized carbons (Fsp3) is 0.118. The van der Waals surface area contributed by atoms with Crippen molar-refractivity contribution >= 4 is 29.3 Å². The molecule has 0 atom stereocenters. The Morgan fingerprint density at radius 2 is 1.77 bits per heavy atom. The molecule has 0 unspecified atom stereocenters. The van der Waals surface area contributed by atoms with E-state index in [1.807, 2.05) is 0 Å². The second kappa shape index (κ2) is 8.82. The molecule has 3 N–H and O–H groups in total. The van der Waals surface area contributed by atoms with Gasteiger partial charge in [0, 0.05) is 5.02 Å². The third-order valence-corrected chi connectivity index (χ3v) is 3.48. The van der Waals surface area contributed by atoms with Gasteiger partial charge in [0.1, 0.15) is 11.6 Å². The van der Waals surface area contributed by atoms with Crippen LogP contribution < -0.4 is 20.9 Å². The van der Waals surface area contributed by atoms with Crippen LogP contribution in [0.25, 0.3) is 0 Å². The lowest BCUT2D eigenvalue weighted by Crippen LogP contribution is -2.46. The van der Waals surface area contributed by atoms with Crippen molar-refractivity contribution in [1.29, 1.82) is 0 Å². The van der Waals surface area contributed by atoms with Gasteiger partial charge < -0.3 is 10.1 Å². The lowest BCUT2D eigenvalue weighted by atomic mass is 10.2. The van der Waals surface area contributed by atoms with E-state index < -0.39 is 30.1 Å². The Morgan fingerprint density at radius 1 is 1.04 bits per heavy atom. The van der Waals surface area contributed by atoms with E-state index in [2.05, 4.69) is 16.2 Å². The molecule has 136 valence electrons. The number of amides is 3. The maximum absolute atomic E-state index is 13.5. The van der Waals surface area contributed by atoms with Gasteiger partial charge >= 0.3 is 0 Å². The van der Waals surface area contributed by atoms with Crippen LogP contribution in [0.3, 0.4) is 0 Å². The Labute approximate surface area is 153 Å². The van der Waals surface area contributed by atoms with E-state index in [1.54, 1.807) is 6.07 Å². The maximum atomic E-state index is 13.5. The van der Waals surface area contributed by atoms with Crippen LogP contribution in [0.4, 0.5) is 4.39 Å². The first-order valence-electron chi connectivity index (χ1n) is 7.38. The van der Waals surface area contributed by atoms with Crippen molar-refractivity contribution in [2.75, 3.05) is 13.7 Å². The van der Waals surface area contributed by atoms with Gasteiger partial charge in [0.2, 0.25) is 0 Å². The zero-order chi connectivity index (χ0) is 19.1. The number of carbonyl (C=O) groups excluding carboxylic acids is 3. The highest BCUT2D eigenvalue weighted by Crippen LogP contribution is 2.22. The zero-order valence-corrected chi connectivity index (χ0v) is 14.4. The van der Waals surface area contributed by atoms with Crippen molar-refractivity contribution < 1.29 is 23.5 Å². The molecule has 7 nitrogen and oxygen atoms in total. The number of benzene rings is 2. The summed E-state index contributed by atoms with van der Waals surface area (Å²) in [5, 5.41) is 2.57. The summed E-state index contributed by atoms with van der Waals surface area (Å²) in [7, 11) is 1.39. The Balaban J connectivity index is 1.87. The smallest absolute Gasteiger partial charge is 0.273 e. The minimum Gasteiger partial charge on any atom is -0.496 e. The molecule has 0 heterocycles.